The minimum Gasteiger partial charge on any atom is -0.345 e. The van der Waals surface area contributed by atoms with Crippen LogP contribution in [0.5, 0.6) is 0 Å². The molecule has 0 aromatic heterocycles. The van der Waals surface area contributed by atoms with Crippen molar-refractivity contribution in [1.82, 2.24) is 20.0 Å². The summed E-state index contributed by atoms with van der Waals surface area (Å²) in [7, 11) is 3.48. The van der Waals surface area contributed by atoms with Gasteiger partial charge in [-0.05, 0) is 50.6 Å². The van der Waals surface area contributed by atoms with Crippen LogP contribution in [0.2, 0.25) is 0 Å². The molecule has 0 radical (unpaired) electrons. The number of nitrogens with one attached hydrogen (secondary N) is 1. The van der Waals surface area contributed by atoms with Crippen LogP contribution in [0, 0.1) is 0 Å². The smallest absolute Gasteiger partial charge is 0.317 e. The van der Waals surface area contributed by atoms with Crippen LogP contribution in [0.3, 0.4) is 0 Å². The first-order valence-corrected chi connectivity index (χ1v) is 10.1. The quantitative estimate of drug-likeness (QED) is 0.798. The monoisotopic (exact) mass is 374 g/mol. The van der Waals surface area contributed by atoms with Gasteiger partial charge in [0.05, 0.1) is 0 Å². The second-order valence-corrected chi connectivity index (χ2v) is 7.39. The van der Waals surface area contributed by atoms with Gasteiger partial charge in [0, 0.05) is 45.8 Å². The molecule has 1 N–H and O–H groups in total. The van der Waals surface area contributed by atoms with E-state index in [0.717, 1.165) is 31.7 Å². The van der Waals surface area contributed by atoms with Crippen molar-refractivity contribution < 1.29 is 9.59 Å². The van der Waals surface area contributed by atoms with Gasteiger partial charge >= 0.3 is 6.03 Å². The Morgan fingerprint density at radius 1 is 1.04 bits per heavy atom. The molecular formula is C21H34N4O2. The van der Waals surface area contributed by atoms with E-state index in [4.69, 9.17) is 0 Å². The van der Waals surface area contributed by atoms with Gasteiger partial charge in [-0.3, -0.25) is 4.79 Å². The normalized spacial score (nSPS) is 15.1. The molecule has 1 aliphatic rings. The molecular weight excluding hydrogens is 340 g/mol. The molecule has 3 amide bonds. The number of likely N-dealkylation sites (tertiary alicyclic amines) is 1. The summed E-state index contributed by atoms with van der Waals surface area (Å²) in [5.74, 6) is -0.0174. The summed E-state index contributed by atoms with van der Waals surface area (Å²) in [6.45, 7) is 7.20. The Morgan fingerprint density at radius 2 is 1.67 bits per heavy atom. The SMILES string of the molecule is CCN(CCN1CCCCCC1)C(=O)NCc1ccc(C(=O)N(C)C)cc1. The maximum Gasteiger partial charge on any atom is 0.317 e. The zero-order valence-corrected chi connectivity index (χ0v) is 17.0. The fourth-order valence-electron chi connectivity index (χ4n) is 3.34. The average molecular weight is 375 g/mol. The van der Waals surface area contributed by atoms with E-state index in [9.17, 15) is 9.59 Å². The number of likely N-dealkylation sites (N-methyl/N-ethyl adjacent to an activating group) is 1. The fraction of sp³-hybridized carbons (Fsp3) is 0.619. The molecule has 0 saturated carbocycles. The predicted molar refractivity (Wildman–Crippen MR) is 109 cm³/mol. The molecule has 1 aliphatic heterocycles. The molecule has 1 heterocycles. The largest absolute Gasteiger partial charge is 0.345 e. The molecule has 150 valence electrons. The van der Waals surface area contributed by atoms with Crippen molar-refractivity contribution in [3.63, 3.8) is 0 Å². The van der Waals surface area contributed by atoms with Gasteiger partial charge in [-0.25, -0.2) is 4.79 Å². The van der Waals surface area contributed by atoms with Crippen molar-refractivity contribution in [3.8, 4) is 0 Å². The summed E-state index contributed by atoms with van der Waals surface area (Å²) in [5.41, 5.74) is 1.64. The number of hydrogen-bond donors (Lipinski definition) is 1. The van der Waals surface area contributed by atoms with E-state index in [1.165, 1.54) is 25.7 Å². The number of benzene rings is 1. The fourth-order valence-corrected chi connectivity index (χ4v) is 3.34. The maximum atomic E-state index is 12.5. The summed E-state index contributed by atoms with van der Waals surface area (Å²) < 4.78 is 0. The van der Waals surface area contributed by atoms with Crippen LogP contribution in [0.25, 0.3) is 0 Å². The highest BCUT2D eigenvalue weighted by atomic mass is 16.2. The number of nitrogens with zero attached hydrogens (tertiary/aromatic N) is 3. The second-order valence-electron chi connectivity index (χ2n) is 7.39. The third-order valence-corrected chi connectivity index (χ3v) is 5.10. The van der Waals surface area contributed by atoms with E-state index < -0.39 is 0 Å². The molecule has 1 aromatic carbocycles. The summed E-state index contributed by atoms with van der Waals surface area (Å²) in [6, 6.07) is 7.37. The van der Waals surface area contributed by atoms with Gasteiger partial charge in [-0.1, -0.05) is 25.0 Å². The molecule has 6 heteroatoms. The number of carbonyl (C=O) groups excluding carboxylic acids is 2. The summed E-state index contributed by atoms with van der Waals surface area (Å²) in [6.07, 6.45) is 5.19. The Morgan fingerprint density at radius 3 is 2.22 bits per heavy atom. The highest BCUT2D eigenvalue weighted by Crippen LogP contribution is 2.10. The number of rotatable bonds is 7. The molecule has 0 bridgehead atoms. The number of hydrogen-bond acceptors (Lipinski definition) is 3. The minimum atomic E-state index is -0.0271. The third kappa shape index (κ3) is 6.86. The molecule has 1 fully saturated rings. The van der Waals surface area contributed by atoms with Gasteiger partial charge in [-0.2, -0.15) is 0 Å². The van der Waals surface area contributed by atoms with Gasteiger partial charge in [0.25, 0.3) is 5.91 Å². The maximum absolute atomic E-state index is 12.5. The summed E-state index contributed by atoms with van der Waals surface area (Å²) >= 11 is 0. The Balaban J connectivity index is 1.79. The Kier molecular flexibility index (Phi) is 8.58. The lowest BCUT2D eigenvalue weighted by molar-refractivity contribution is 0.0827. The third-order valence-electron chi connectivity index (χ3n) is 5.10. The van der Waals surface area contributed by atoms with Gasteiger partial charge in [0.2, 0.25) is 0 Å². The molecule has 1 aromatic rings. The molecule has 0 spiro atoms. The zero-order valence-electron chi connectivity index (χ0n) is 17.0. The Hall–Kier alpha value is -2.08. The highest BCUT2D eigenvalue weighted by Gasteiger charge is 2.14. The highest BCUT2D eigenvalue weighted by molar-refractivity contribution is 5.93. The lowest BCUT2D eigenvalue weighted by atomic mass is 10.1. The van der Waals surface area contributed by atoms with Crippen molar-refractivity contribution in [3.05, 3.63) is 35.4 Å². The van der Waals surface area contributed by atoms with E-state index in [0.29, 0.717) is 18.7 Å². The van der Waals surface area contributed by atoms with Crippen molar-refractivity contribution in [2.24, 2.45) is 0 Å². The molecule has 0 unspecified atom stereocenters. The first-order valence-electron chi connectivity index (χ1n) is 10.1. The van der Waals surface area contributed by atoms with Crippen molar-refractivity contribution in [2.75, 3.05) is 46.8 Å². The van der Waals surface area contributed by atoms with Crippen LogP contribution >= 0.6 is 0 Å². The zero-order chi connectivity index (χ0) is 19.6. The lowest BCUT2D eigenvalue weighted by Gasteiger charge is -2.26. The van der Waals surface area contributed by atoms with E-state index >= 15 is 0 Å². The van der Waals surface area contributed by atoms with E-state index in [1.807, 2.05) is 24.0 Å². The first kappa shape index (κ1) is 21.2. The topological polar surface area (TPSA) is 55.9 Å². The second kappa shape index (κ2) is 10.9. The van der Waals surface area contributed by atoms with Gasteiger partial charge in [0.1, 0.15) is 0 Å². The van der Waals surface area contributed by atoms with Crippen LogP contribution in [0.15, 0.2) is 24.3 Å². The first-order chi connectivity index (χ1) is 13.0. The number of urea groups is 1. The van der Waals surface area contributed by atoms with E-state index in [1.54, 1.807) is 31.1 Å². The molecule has 27 heavy (non-hydrogen) atoms. The van der Waals surface area contributed by atoms with Gasteiger partial charge in [0.15, 0.2) is 0 Å². The van der Waals surface area contributed by atoms with Gasteiger partial charge in [-0.15, -0.1) is 0 Å². The molecule has 1 saturated heterocycles. The molecule has 2 rings (SSSR count). The van der Waals surface area contributed by atoms with Crippen LogP contribution in [-0.2, 0) is 6.54 Å². The van der Waals surface area contributed by atoms with E-state index in [-0.39, 0.29) is 11.9 Å². The number of carbonyl (C=O) groups is 2. The molecule has 0 atom stereocenters. The molecule has 6 nitrogen and oxygen atoms in total. The standard InChI is InChI=1S/C21H34N4O2/c1-4-25(16-15-24-13-7-5-6-8-14-24)21(27)22-17-18-9-11-19(12-10-18)20(26)23(2)3/h9-12H,4-8,13-17H2,1-3H3,(H,22,27). The predicted octanol–water partition coefficient (Wildman–Crippen LogP) is 2.80. The average Bonchev–Trinajstić information content (AvgIpc) is 2.95. The molecule has 0 aliphatic carbocycles. The van der Waals surface area contributed by atoms with E-state index in [2.05, 4.69) is 10.2 Å². The Labute approximate surface area is 163 Å². The van der Waals surface area contributed by atoms with Crippen molar-refractivity contribution in [2.45, 2.75) is 39.2 Å². The van der Waals surface area contributed by atoms with Crippen molar-refractivity contribution in [1.29, 1.82) is 0 Å². The Bertz CT molecular complexity index is 593. The number of amides is 3. The summed E-state index contributed by atoms with van der Waals surface area (Å²) in [4.78, 5) is 30.3. The summed E-state index contributed by atoms with van der Waals surface area (Å²) in [5, 5.41) is 2.99. The van der Waals surface area contributed by atoms with Gasteiger partial charge < -0.3 is 20.0 Å². The lowest BCUT2D eigenvalue weighted by Crippen LogP contribution is -2.43. The van der Waals surface area contributed by atoms with Crippen LogP contribution in [0.1, 0.15) is 48.5 Å². The van der Waals surface area contributed by atoms with Crippen molar-refractivity contribution >= 4 is 11.9 Å². The minimum absolute atomic E-state index is 0.0174. The van der Waals surface area contributed by atoms with Crippen LogP contribution in [-0.4, -0.2) is 73.5 Å². The van der Waals surface area contributed by atoms with Crippen LogP contribution in [0.4, 0.5) is 4.79 Å². The van der Waals surface area contributed by atoms with Crippen LogP contribution < -0.4 is 5.32 Å².